The fourth-order valence-electron chi connectivity index (χ4n) is 4.02. The van der Waals surface area contributed by atoms with E-state index in [4.69, 9.17) is 4.98 Å². The van der Waals surface area contributed by atoms with Crippen LogP contribution in [-0.2, 0) is 0 Å². The van der Waals surface area contributed by atoms with Gasteiger partial charge in [-0.05, 0) is 74.5 Å². The number of aromatic nitrogens is 2. The van der Waals surface area contributed by atoms with Gasteiger partial charge in [0, 0.05) is 34.6 Å². The standard InChI is InChI=1S/C30H27N5O2.U/c1-5-23(32-6-2)18-33-29(36)21-9-11-24(12-10-21)34-30(37)26-16-27(22-8-7-13-31-17-22)35-28-20(4)14-19(3)15-25(26)28;/h7-17H,18H2,1-4H3,(H,33,36)(H,34,37);/q-2;+2. The van der Waals surface area contributed by atoms with Crippen LogP contribution in [0.2, 0.25) is 0 Å². The van der Waals surface area contributed by atoms with E-state index >= 15 is 0 Å². The number of carbonyl (C=O) groups is 2. The van der Waals surface area contributed by atoms with Crippen LogP contribution in [0.25, 0.3) is 22.2 Å². The molecule has 2 N–H and O–H groups in total. The van der Waals surface area contributed by atoms with Gasteiger partial charge in [0.15, 0.2) is 0 Å². The Morgan fingerprint density at radius 3 is 2.42 bits per heavy atom. The molecule has 0 aliphatic rings. The van der Waals surface area contributed by atoms with Crippen molar-refractivity contribution in [1.82, 2.24) is 15.3 Å². The van der Waals surface area contributed by atoms with E-state index in [9.17, 15) is 9.59 Å². The Morgan fingerprint density at radius 2 is 1.76 bits per heavy atom. The van der Waals surface area contributed by atoms with E-state index < -0.39 is 0 Å². The van der Waals surface area contributed by atoms with Gasteiger partial charge in [-0.2, -0.15) is 6.21 Å². The van der Waals surface area contributed by atoms with Crippen molar-refractivity contribution in [3.05, 3.63) is 101 Å². The predicted molar refractivity (Wildman–Crippen MR) is 147 cm³/mol. The van der Waals surface area contributed by atoms with Gasteiger partial charge >= 0.3 is 31.1 Å². The SMILES string of the molecule is C[C-]=NC(=[C-]C)CNC(=O)c1ccc(NC(=O)c2cc(-c3cccnc3)nc3c(C)cc(C)cc23)cc1.[U+2]. The number of hydrogen-bond acceptors (Lipinski definition) is 5. The Kier molecular flexibility index (Phi) is 10.1. The van der Waals surface area contributed by atoms with Crippen molar-refractivity contribution < 1.29 is 40.7 Å². The average molecular weight is 728 g/mol. The molecule has 7 nitrogen and oxygen atoms in total. The first-order valence-electron chi connectivity index (χ1n) is 11.8. The molecule has 2 aromatic heterocycles. The third-order valence-corrected chi connectivity index (χ3v) is 5.81. The summed E-state index contributed by atoms with van der Waals surface area (Å²) in [5.41, 5.74) is 6.47. The molecule has 8 heteroatoms. The first-order valence-corrected chi connectivity index (χ1v) is 11.8. The molecule has 0 saturated heterocycles. The Morgan fingerprint density at radius 1 is 1.00 bits per heavy atom. The minimum Gasteiger partial charge on any atom is -0.582 e. The van der Waals surface area contributed by atoms with Crippen molar-refractivity contribution >= 4 is 34.6 Å². The maximum atomic E-state index is 13.5. The second-order valence-electron chi connectivity index (χ2n) is 8.52. The number of nitrogens with zero attached hydrogens (tertiary/aromatic N) is 3. The fraction of sp³-hybridized carbons (Fsp3) is 0.167. The summed E-state index contributed by atoms with van der Waals surface area (Å²) in [4.78, 5) is 39.0. The number of carbonyl (C=O) groups excluding carboxylic acids is 2. The normalized spacial score (nSPS) is 11.3. The average Bonchev–Trinajstić information content (AvgIpc) is 2.91. The molecule has 0 bridgehead atoms. The molecule has 2 heterocycles. The smallest absolute Gasteiger partial charge is 0.582 e. The van der Waals surface area contributed by atoms with Crippen LogP contribution in [0.4, 0.5) is 5.69 Å². The third kappa shape index (κ3) is 6.83. The molecule has 0 spiro atoms. The summed E-state index contributed by atoms with van der Waals surface area (Å²) in [5, 5.41) is 6.54. The van der Waals surface area contributed by atoms with Gasteiger partial charge in [-0.25, -0.2) is 11.9 Å². The van der Waals surface area contributed by atoms with Crippen molar-refractivity contribution in [2.75, 3.05) is 11.9 Å². The minimum atomic E-state index is -0.262. The molecule has 4 rings (SSSR count). The first-order chi connectivity index (χ1) is 17.9. The van der Waals surface area contributed by atoms with Gasteiger partial charge in [0.2, 0.25) is 5.91 Å². The van der Waals surface area contributed by atoms with Gasteiger partial charge in [0.25, 0.3) is 5.91 Å². The molecule has 38 heavy (non-hydrogen) atoms. The molecule has 0 saturated carbocycles. The molecule has 0 unspecified atom stereocenters. The fourth-order valence-corrected chi connectivity index (χ4v) is 4.02. The number of aliphatic imine (C=N–C) groups is 1. The van der Waals surface area contributed by atoms with Crippen molar-refractivity contribution in [2.45, 2.75) is 27.7 Å². The van der Waals surface area contributed by atoms with E-state index in [0.29, 0.717) is 28.2 Å². The summed E-state index contributed by atoms with van der Waals surface area (Å²) < 4.78 is 0. The van der Waals surface area contributed by atoms with E-state index in [-0.39, 0.29) is 49.5 Å². The molecular formula is C30H27N5O2U. The molecule has 4 aromatic rings. The molecule has 0 fully saturated rings. The number of aryl methyl sites for hydroxylation is 2. The summed E-state index contributed by atoms with van der Waals surface area (Å²) >= 11 is 0. The van der Waals surface area contributed by atoms with Gasteiger partial charge < -0.3 is 21.7 Å². The summed E-state index contributed by atoms with van der Waals surface area (Å²) in [6.45, 7) is 7.65. The van der Waals surface area contributed by atoms with E-state index in [2.05, 4.69) is 39.0 Å². The number of nitrogens with one attached hydrogen (secondary N) is 2. The van der Waals surface area contributed by atoms with E-state index in [0.717, 1.165) is 27.6 Å². The van der Waals surface area contributed by atoms with Gasteiger partial charge in [-0.3, -0.25) is 20.3 Å². The molecule has 2 aromatic carbocycles. The quantitative estimate of drug-likeness (QED) is 0.192. The molecular weight excluding hydrogens is 700 g/mol. The number of anilines is 1. The molecule has 0 aliphatic heterocycles. The molecule has 0 aliphatic carbocycles. The maximum absolute atomic E-state index is 13.5. The largest absolute Gasteiger partial charge is 2.00 e. The van der Waals surface area contributed by atoms with E-state index in [1.54, 1.807) is 56.6 Å². The number of rotatable bonds is 7. The molecule has 0 radical (unpaired) electrons. The number of pyridine rings is 2. The van der Waals surface area contributed by atoms with Crippen LogP contribution >= 0.6 is 0 Å². The number of amides is 2. The Hall–Kier alpha value is -3.60. The predicted octanol–water partition coefficient (Wildman–Crippen LogP) is 5.57. The maximum Gasteiger partial charge on any atom is 2.00 e. The van der Waals surface area contributed by atoms with E-state index in [1.165, 1.54) is 0 Å². The zero-order chi connectivity index (χ0) is 26.4. The second-order valence-corrected chi connectivity index (χ2v) is 8.52. The van der Waals surface area contributed by atoms with Crippen LogP contribution in [0.15, 0.2) is 77.7 Å². The monoisotopic (exact) mass is 727 g/mol. The number of benzene rings is 2. The van der Waals surface area contributed by atoms with Crippen LogP contribution in [0.1, 0.15) is 45.7 Å². The van der Waals surface area contributed by atoms with Crippen LogP contribution in [0.3, 0.4) is 0 Å². The van der Waals surface area contributed by atoms with Crippen molar-refractivity contribution in [3.63, 3.8) is 0 Å². The number of allylic oxidation sites excluding steroid dienone is 1. The van der Waals surface area contributed by atoms with Crippen LogP contribution < -0.4 is 10.6 Å². The Bertz CT molecular complexity index is 1510. The van der Waals surface area contributed by atoms with Crippen LogP contribution in [0, 0.1) is 51.0 Å². The molecule has 0 atom stereocenters. The van der Waals surface area contributed by atoms with E-state index in [1.807, 2.05) is 32.0 Å². The Balaban J connectivity index is 0.00000400. The first kappa shape index (κ1) is 29.0. The van der Waals surface area contributed by atoms with Crippen LogP contribution in [0.5, 0.6) is 0 Å². The molecule has 188 valence electrons. The minimum absolute atomic E-state index is 0. The van der Waals surface area contributed by atoms with Crippen molar-refractivity contribution in [1.29, 1.82) is 0 Å². The van der Waals surface area contributed by atoms with Gasteiger partial charge in [0.05, 0.1) is 16.8 Å². The van der Waals surface area contributed by atoms with Crippen LogP contribution in [-0.4, -0.2) is 34.5 Å². The zero-order valence-corrected chi connectivity index (χ0v) is 25.9. The third-order valence-electron chi connectivity index (χ3n) is 5.81. The number of fused-ring (bicyclic) bond motifs is 1. The summed E-state index contributed by atoms with van der Waals surface area (Å²) in [6.07, 6.45) is 9.02. The van der Waals surface area contributed by atoms with Crippen molar-refractivity contribution in [2.24, 2.45) is 4.99 Å². The summed E-state index contributed by atoms with van der Waals surface area (Å²) in [7, 11) is 0. The Labute approximate surface area is 246 Å². The van der Waals surface area contributed by atoms with Crippen molar-refractivity contribution in [3.8, 4) is 11.3 Å². The molecule has 2 amide bonds. The number of hydrogen-bond donors (Lipinski definition) is 2. The summed E-state index contributed by atoms with van der Waals surface area (Å²) in [6, 6.07) is 16.3. The van der Waals surface area contributed by atoms with Gasteiger partial charge in [-0.1, -0.05) is 11.6 Å². The zero-order valence-electron chi connectivity index (χ0n) is 21.7. The topological polar surface area (TPSA) is 96.3 Å². The van der Waals surface area contributed by atoms with Gasteiger partial charge in [-0.15, -0.1) is 6.92 Å². The van der Waals surface area contributed by atoms with Gasteiger partial charge in [0.1, 0.15) is 0 Å². The summed E-state index contributed by atoms with van der Waals surface area (Å²) in [5.74, 6) is -0.509. The second kappa shape index (κ2) is 13.3.